The molecule has 2 N–H and O–H groups in total. The van der Waals surface area contributed by atoms with Gasteiger partial charge in [-0.25, -0.2) is 0 Å². The first-order valence-electron chi connectivity index (χ1n) is 6.73. The highest BCUT2D eigenvalue weighted by Gasteiger charge is 2.30. The van der Waals surface area contributed by atoms with Gasteiger partial charge < -0.3 is 10.4 Å². The second-order valence-electron chi connectivity index (χ2n) is 5.09. The van der Waals surface area contributed by atoms with E-state index in [0.717, 1.165) is 18.5 Å². The number of rotatable bonds is 4. The first-order valence-corrected chi connectivity index (χ1v) is 6.73. The topological polar surface area (TPSA) is 45.1 Å². The fraction of sp³-hybridized carbons (Fsp3) is 0.312. The van der Waals surface area contributed by atoms with Crippen molar-refractivity contribution in [2.45, 2.75) is 31.0 Å². The summed E-state index contributed by atoms with van der Waals surface area (Å²) >= 11 is 0. The Labute approximate surface area is 113 Å². The van der Waals surface area contributed by atoms with Crippen LogP contribution in [0.1, 0.15) is 30.1 Å². The summed E-state index contributed by atoms with van der Waals surface area (Å²) in [5, 5.41) is 13.0. The maximum Gasteiger partial charge on any atom is 0.0753 e. The third-order valence-electron chi connectivity index (χ3n) is 3.63. The van der Waals surface area contributed by atoms with Crippen molar-refractivity contribution >= 4 is 0 Å². The minimum Gasteiger partial charge on any atom is -0.393 e. The first kappa shape index (κ1) is 12.3. The van der Waals surface area contributed by atoms with Crippen molar-refractivity contribution in [1.29, 1.82) is 0 Å². The number of benzene rings is 1. The molecular formula is C16H18N2O. The van der Waals surface area contributed by atoms with Crippen LogP contribution >= 0.6 is 0 Å². The van der Waals surface area contributed by atoms with E-state index in [1.807, 2.05) is 42.6 Å². The van der Waals surface area contributed by atoms with Crippen molar-refractivity contribution in [3.05, 3.63) is 66.0 Å². The summed E-state index contributed by atoms with van der Waals surface area (Å²) in [6, 6.07) is 16.8. The lowest BCUT2D eigenvalue weighted by atomic mass is 9.88. The van der Waals surface area contributed by atoms with Crippen LogP contribution in [-0.2, 0) is 0 Å². The Morgan fingerprint density at radius 2 is 1.79 bits per heavy atom. The maximum absolute atomic E-state index is 9.42. The predicted molar refractivity (Wildman–Crippen MR) is 74.7 cm³/mol. The molecule has 1 heterocycles. The Bertz CT molecular complexity index is 469. The zero-order chi connectivity index (χ0) is 13.1. The molecule has 0 spiro atoms. The molecule has 1 aliphatic rings. The Morgan fingerprint density at radius 3 is 2.42 bits per heavy atom. The van der Waals surface area contributed by atoms with E-state index >= 15 is 0 Å². The summed E-state index contributed by atoms with van der Waals surface area (Å²) in [5.41, 5.74) is 2.23. The van der Waals surface area contributed by atoms with Crippen LogP contribution in [0.5, 0.6) is 0 Å². The lowest BCUT2D eigenvalue weighted by molar-refractivity contribution is 0.0593. The summed E-state index contributed by atoms with van der Waals surface area (Å²) in [6.07, 6.45) is 3.34. The molecule has 3 rings (SSSR count). The third kappa shape index (κ3) is 2.83. The summed E-state index contributed by atoms with van der Waals surface area (Å²) in [5.74, 6) is 0. The van der Waals surface area contributed by atoms with Gasteiger partial charge in [0.2, 0.25) is 0 Å². The number of nitrogens with one attached hydrogen (secondary N) is 1. The fourth-order valence-corrected chi connectivity index (χ4v) is 2.50. The van der Waals surface area contributed by atoms with Crippen LogP contribution in [-0.4, -0.2) is 22.2 Å². The van der Waals surface area contributed by atoms with E-state index in [2.05, 4.69) is 22.4 Å². The van der Waals surface area contributed by atoms with E-state index in [4.69, 9.17) is 0 Å². The zero-order valence-electron chi connectivity index (χ0n) is 10.7. The lowest BCUT2D eigenvalue weighted by Gasteiger charge is -2.35. The summed E-state index contributed by atoms with van der Waals surface area (Å²) in [4.78, 5) is 4.46. The largest absolute Gasteiger partial charge is 0.393 e. The smallest absolute Gasteiger partial charge is 0.0753 e. The molecule has 1 aromatic heterocycles. The second-order valence-corrected chi connectivity index (χ2v) is 5.09. The van der Waals surface area contributed by atoms with E-state index in [9.17, 15) is 5.11 Å². The van der Waals surface area contributed by atoms with Crippen molar-refractivity contribution < 1.29 is 5.11 Å². The van der Waals surface area contributed by atoms with Crippen LogP contribution in [0.3, 0.4) is 0 Å². The molecule has 3 nitrogen and oxygen atoms in total. The van der Waals surface area contributed by atoms with Crippen molar-refractivity contribution in [2.75, 3.05) is 0 Å². The summed E-state index contributed by atoms with van der Waals surface area (Å²) in [7, 11) is 0. The van der Waals surface area contributed by atoms with E-state index < -0.39 is 0 Å². The van der Waals surface area contributed by atoms with Gasteiger partial charge in [0.25, 0.3) is 0 Å². The average molecular weight is 254 g/mol. The van der Waals surface area contributed by atoms with E-state index in [1.54, 1.807) is 0 Å². The Kier molecular flexibility index (Phi) is 3.58. The molecule has 3 heteroatoms. The van der Waals surface area contributed by atoms with Crippen LogP contribution < -0.4 is 5.32 Å². The molecule has 2 aromatic rings. The zero-order valence-corrected chi connectivity index (χ0v) is 10.7. The lowest BCUT2D eigenvalue weighted by Crippen LogP contribution is -2.46. The molecule has 1 aromatic carbocycles. The SMILES string of the molecule is OC1CC(NC(c2ccccc2)c2ccccn2)C1. The molecule has 0 bridgehead atoms. The van der Waals surface area contributed by atoms with Crippen LogP contribution in [0.15, 0.2) is 54.7 Å². The predicted octanol–water partition coefficient (Wildman–Crippen LogP) is 2.28. The molecule has 1 fully saturated rings. The molecule has 19 heavy (non-hydrogen) atoms. The van der Waals surface area contributed by atoms with Gasteiger partial charge in [-0.3, -0.25) is 4.98 Å². The Hall–Kier alpha value is -1.71. The van der Waals surface area contributed by atoms with Crippen LogP contribution in [0.25, 0.3) is 0 Å². The molecule has 98 valence electrons. The van der Waals surface area contributed by atoms with Gasteiger partial charge in [-0.2, -0.15) is 0 Å². The molecule has 1 saturated carbocycles. The number of hydrogen-bond acceptors (Lipinski definition) is 3. The standard InChI is InChI=1S/C16H18N2O/c19-14-10-13(11-14)18-16(12-6-2-1-3-7-12)15-8-4-5-9-17-15/h1-9,13-14,16,18-19H,10-11H2. The average Bonchev–Trinajstić information content (AvgIpc) is 2.44. The van der Waals surface area contributed by atoms with Crippen molar-refractivity contribution in [3.8, 4) is 0 Å². The molecule has 0 amide bonds. The minimum absolute atomic E-state index is 0.0971. The normalized spacial score (nSPS) is 23.6. The highest BCUT2D eigenvalue weighted by Crippen LogP contribution is 2.26. The fourth-order valence-electron chi connectivity index (χ4n) is 2.50. The molecule has 0 aliphatic heterocycles. The first-order chi connectivity index (χ1) is 9.33. The monoisotopic (exact) mass is 254 g/mol. The quantitative estimate of drug-likeness (QED) is 0.880. The van der Waals surface area contributed by atoms with Crippen LogP contribution in [0, 0.1) is 0 Å². The number of pyridine rings is 1. The molecule has 1 unspecified atom stereocenters. The highest BCUT2D eigenvalue weighted by atomic mass is 16.3. The van der Waals surface area contributed by atoms with E-state index in [0.29, 0.717) is 6.04 Å². The van der Waals surface area contributed by atoms with Crippen molar-refractivity contribution in [1.82, 2.24) is 10.3 Å². The summed E-state index contributed by atoms with van der Waals surface area (Å²) < 4.78 is 0. The summed E-state index contributed by atoms with van der Waals surface area (Å²) in [6.45, 7) is 0. The number of aliphatic hydroxyl groups is 1. The number of aromatic nitrogens is 1. The molecule has 1 atom stereocenters. The van der Waals surface area contributed by atoms with Gasteiger partial charge in [-0.1, -0.05) is 36.4 Å². The van der Waals surface area contributed by atoms with Crippen molar-refractivity contribution in [3.63, 3.8) is 0 Å². The van der Waals surface area contributed by atoms with Gasteiger partial charge in [0.15, 0.2) is 0 Å². The van der Waals surface area contributed by atoms with E-state index in [1.165, 1.54) is 5.56 Å². The number of nitrogens with zero attached hydrogens (tertiary/aromatic N) is 1. The molecule has 0 radical (unpaired) electrons. The van der Waals surface area contributed by atoms with Gasteiger partial charge in [0.05, 0.1) is 17.8 Å². The number of aliphatic hydroxyl groups excluding tert-OH is 1. The van der Waals surface area contributed by atoms with Crippen LogP contribution in [0.4, 0.5) is 0 Å². The van der Waals surface area contributed by atoms with Crippen LogP contribution in [0.2, 0.25) is 0 Å². The van der Waals surface area contributed by atoms with Crippen molar-refractivity contribution in [2.24, 2.45) is 0 Å². The molecular weight excluding hydrogens is 236 g/mol. The van der Waals surface area contributed by atoms with E-state index in [-0.39, 0.29) is 12.1 Å². The Balaban J connectivity index is 1.83. The maximum atomic E-state index is 9.42. The van der Waals surface area contributed by atoms with Gasteiger partial charge in [-0.15, -0.1) is 0 Å². The minimum atomic E-state index is -0.141. The third-order valence-corrected chi connectivity index (χ3v) is 3.63. The van der Waals surface area contributed by atoms with Gasteiger partial charge in [-0.05, 0) is 30.5 Å². The van der Waals surface area contributed by atoms with Gasteiger partial charge >= 0.3 is 0 Å². The number of hydrogen-bond donors (Lipinski definition) is 2. The molecule has 0 saturated heterocycles. The van der Waals surface area contributed by atoms with Gasteiger partial charge in [0, 0.05) is 12.2 Å². The Morgan fingerprint density at radius 1 is 1.05 bits per heavy atom. The molecule has 1 aliphatic carbocycles. The second kappa shape index (κ2) is 5.51. The highest BCUT2D eigenvalue weighted by molar-refractivity contribution is 5.27. The van der Waals surface area contributed by atoms with Gasteiger partial charge in [0.1, 0.15) is 0 Å².